The molecule has 5 rings (SSSR count). The van der Waals surface area contributed by atoms with Crippen LogP contribution in [0.25, 0.3) is 5.70 Å². The fourth-order valence-corrected chi connectivity index (χ4v) is 3.89. The van der Waals surface area contributed by atoms with Crippen molar-refractivity contribution < 1.29 is 18.2 Å². The zero-order chi connectivity index (χ0) is 25.2. The van der Waals surface area contributed by atoms with Gasteiger partial charge in [-0.15, -0.1) is 0 Å². The third-order valence-corrected chi connectivity index (χ3v) is 5.72. The van der Waals surface area contributed by atoms with Crippen molar-refractivity contribution in [1.29, 1.82) is 0 Å². The number of para-hydroxylation sites is 1. The number of allylic oxidation sites excluding steroid dienone is 1. The van der Waals surface area contributed by atoms with Gasteiger partial charge < -0.3 is 20.4 Å². The number of carbonyl (C=O) groups is 1. The predicted octanol–water partition coefficient (Wildman–Crippen LogP) is 3.56. The minimum Gasteiger partial charge on any atom is -0.440 e. The molecule has 36 heavy (non-hydrogen) atoms. The lowest BCUT2D eigenvalue weighted by Crippen LogP contribution is -2.30. The molecule has 0 unspecified atom stereocenters. The van der Waals surface area contributed by atoms with Crippen LogP contribution in [0, 0.1) is 5.82 Å². The van der Waals surface area contributed by atoms with Gasteiger partial charge in [-0.3, -0.25) is 4.79 Å². The third-order valence-electron chi connectivity index (χ3n) is 5.72. The molecule has 2 aromatic carbocycles. The average Bonchev–Trinajstić information content (AvgIpc) is 3.38. The van der Waals surface area contributed by atoms with E-state index in [0.29, 0.717) is 34.3 Å². The lowest BCUT2D eigenvalue weighted by Gasteiger charge is -2.17. The maximum Gasteiger partial charge on any atom is 0.293 e. The largest absolute Gasteiger partial charge is 0.440 e. The van der Waals surface area contributed by atoms with E-state index >= 15 is 0 Å². The molecule has 1 aliphatic rings. The van der Waals surface area contributed by atoms with Crippen LogP contribution in [-0.4, -0.2) is 45.2 Å². The third kappa shape index (κ3) is 4.31. The summed E-state index contributed by atoms with van der Waals surface area (Å²) in [6.45, 7) is 0.222. The molecule has 1 amide bonds. The van der Waals surface area contributed by atoms with E-state index in [1.807, 2.05) is 35.7 Å². The Morgan fingerprint density at radius 2 is 1.92 bits per heavy atom. The van der Waals surface area contributed by atoms with Crippen molar-refractivity contribution in [2.75, 3.05) is 30.0 Å². The summed E-state index contributed by atoms with van der Waals surface area (Å²) in [6, 6.07) is 13.8. The number of nitrogen functional groups attached to an aromatic ring is 1. The molecule has 2 aromatic heterocycles. The normalized spacial score (nSPS) is 12.7. The van der Waals surface area contributed by atoms with Crippen molar-refractivity contribution in [2.45, 2.75) is 6.54 Å². The number of benzene rings is 2. The number of nitrogens with two attached hydrogens (primary N) is 1. The summed E-state index contributed by atoms with van der Waals surface area (Å²) in [7, 11) is 3.72. The minimum atomic E-state index is -0.328. The molecule has 10 heteroatoms. The van der Waals surface area contributed by atoms with Crippen molar-refractivity contribution in [3.05, 3.63) is 102 Å². The monoisotopic (exact) mass is 484 g/mol. The second-order valence-corrected chi connectivity index (χ2v) is 8.29. The highest BCUT2D eigenvalue weighted by Crippen LogP contribution is 2.27. The smallest absolute Gasteiger partial charge is 0.293 e. The van der Waals surface area contributed by atoms with E-state index in [4.69, 9.17) is 10.2 Å². The molecule has 0 saturated carbocycles. The van der Waals surface area contributed by atoms with Gasteiger partial charge in [0.1, 0.15) is 17.8 Å². The summed E-state index contributed by atoms with van der Waals surface area (Å²) in [4.78, 5) is 27.8. The van der Waals surface area contributed by atoms with Crippen LogP contribution in [0.1, 0.15) is 27.6 Å². The number of nitrogens with one attached hydrogen (secondary N) is 1. The van der Waals surface area contributed by atoms with Crippen molar-refractivity contribution in [3.8, 4) is 0 Å². The molecule has 4 aromatic rings. The maximum atomic E-state index is 14.4. The van der Waals surface area contributed by atoms with Crippen LogP contribution in [0.5, 0.6) is 0 Å². The van der Waals surface area contributed by atoms with Crippen molar-refractivity contribution in [1.82, 2.24) is 15.0 Å². The molecule has 0 bridgehead atoms. The maximum absolute atomic E-state index is 14.4. The van der Waals surface area contributed by atoms with E-state index in [0.717, 1.165) is 5.69 Å². The lowest BCUT2D eigenvalue weighted by molar-refractivity contribution is -0.459. The molecular weight excluding hydrogens is 461 g/mol. The Hall–Kier alpha value is -4.86. The highest BCUT2D eigenvalue weighted by atomic mass is 19.1. The van der Waals surface area contributed by atoms with Gasteiger partial charge in [0.05, 0.1) is 29.6 Å². The summed E-state index contributed by atoms with van der Waals surface area (Å²) in [5.74, 6) is 0.169. The van der Waals surface area contributed by atoms with Gasteiger partial charge in [0.25, 0.3) is 23.2 Å². The Morgan fingerprint density at radius 3 is 2.64 bits per heavy atom. The first-order chi connectivity index (χ1) is 17.4. The SMILES string of the molecule is CN(C)c1ccccc1C(=O)Nc1cnc(C2=[N+](Cc3ccccc3F)C(c3ncco3)=C2)nc1N. The number of rotatable bonds is 7. The number of anilines is 3. The number of oxazole rings is 1. The number of nitrogens with zero attached hydrogens (tertiary/aromatic N) is 5. The molecular formula is C26H23FN7O2+. The molecule has 3 N–H and O–H groups in total. The molecule has 0 aliphatic carbocycles. The van der Waals surface area contributed by atoms with Crippen molar-refractivity contribution in [2.24, 2.45) is 0 Å². The lowest BCUT2D eigenvalue weighted by atomic mass is 10.1. The molecule has 0 spiro atoms. The minimum absolute atomic E-state index is 0.104. The Balaban J connectivity index is 1.44. The van der Waals surface area contributed by atoms with Crippen LogP contribution >= 0.6 is 0 Å². The Kier molecular flexibility index (Phi) is 5.99. The van der Waals surface area contributed by atoms with Crippen LogP contribution in [0.3, 0.4) is 0 Å². The number of carbonyl (C=O) groups excluding carboxylic acids is 1. The second kappa shape index (κ2) is 9.41. The van der Waals surface area contributed by atoms with Crippen LogP contribution in [0.2, 0.25) is 0 Å². The molecule has 3 heterocycles. The van der Waals surface area contributed by atoms with E-state index in [9.17, 15) is 9.18 Å². The van der Waals surface area contributed by atoms with Gasteiger partial charge in [0, 0.05) is 19.8 Å². The molecule has 1 aliphatic heterocycles. The standard InChI is InChI=1S/C26H22FN7O2/c1-33(2)20-10-6-4-8-17(20)25(35)31-19-14-30-24(32-23(19)28)21-13-22(26-29-11-12-36-26)34(21)15-16-7-3-5-9-18(16)27/h3-14H,15H2,1-2H3,(H2,28,29,32)/p+1. The first kappa shape index (κ1) is 22.9. The predicted molar refractivity (Wildman–Crippen MR) is 134 cm³/mol. The second-order valence-electron chi connectivity index (χ2n) is 8.29. The number of amides is 1. The summed E-state index contributed by atoms with van der Waals surface area (Å²) in [5, 5.41) is 2.79. The van der Waals surface area contributed by atoms with Crippen LogP contribution < -0.4 is 16.0 Å². The van der Waals surface area contributed by atoms with Gasteiger partial charge in [0.2, 0.25) is 5.82 Å². The van der Waals surface area contributed by atoms with Crippen molar-refractivity contribution >= 4 is 34.5 Å². The van der Waals surface area contributed by atoms with Gasteiger partial charge in [-0.05, 0) is 24.3 Å². The molecule has 0 saturated heterocycles. The molecule has 9 nitrogen and oxygen atoms in total. The van der Waals surface area contributed by atoms with Gasteiger partial charge in [-0.1, -0.05) is 24.3 Å². The van der Waals surface area contributed by atoms with E-state index in [-0.39, 0.29) is 29.8 Å². The van der Waals surface area contributed by atoms with Gasteiger partial charge in [-0.25, -0.2) is 19.3 Å². The highest BCUT2D eigenvalue weighted by Gasteiger charge is 2.37. The average molecular weight is 485 g/mol. The zero-order valence-corrected chi connectivity index (χ0v) is 19.6. The van der Waals surface area contributed by atoms with Gasteiger partial charge >= 0.3 is 0 Å². The Morgan fingerprint density at radius 1 is 1.14 bits per heavy atom. The first-order valence-electron chi connectivity index (χ1n) is 11.1. The summed E-state index contributed by atoms with van der Waals surface area (Å²) < 4.78 is 21.6. The fourth-order valence-electron chi connectivity index (χ4n) is 3.89. The van der Waals surface area contributed by atoms with E-state index < -0.39 is 0 Å². The topological polar surface area (TPSA) is 113 Å². The molecule has 180 valence electrons. The molecule has 0 fully saturated rings. The fraction of sp³-hybridized carbons (Fsp3) is 0.115. The van der Waals surface area contributed by atoms with Gasteiger partial charge in [0.15, 0.2) is 12.4 Å². The number of halogens is 1. The summed E-state index contributed by atoms with van der Waals surface area (Å²) >= 11 is 0. The quantitative estimate of drug-likeness (QED) is 0.386. The number of hydrogen-bond acceptors (Lipinski definition) is 7. The first-order valence-corrected chi connectivity index (χ1v) is 11.1. The summed E-state index contributed by atoms with van der Waals surface area (Å²) in [5.41, 5.74) is 9.52. The van der Waals surface area contributed by atoms with Crippen LogP contribution in [0.4, 0.5) is 21.6 Å². The Bertz CT molecular complexity index is 1510. The van der Waals surface area contributed by atoms with E-state index in [1.165, 1.54) is 24.7 Å². The van der Waals surface area contributed by atoms with E-state index in [2.05, 4.69) is 20.3 Å². The van der Waals surface area contributed by atoms with E-state index in [1.54, 1.807) is 36.4 Å². The van der Waals surface area contributed by atoms with Crippen LogP contribution in [-0.2, 0) is 6.54 Å². The molecule has 0 radical (unpaired) electrons. The van der Waals surface area contributed by atoms with Crippen LogP contribution in [0.15, 0.2) is 77.7 Å². The molecule has 0 atom stereocenters. The highest BCUT2D eigenvalue weighted by molar-refractivity contribution is 6.12. The summed E-state index contributed by atoms with van der Waals surface area (Å²) in [6.07, 6.45) is 6.26. The van der Waals surface area contributed by atoms with Crippen molar-refractivity contribution in [3.63, 3.8) is 0 Å². The van der Waals surface area contributed by atoms with Gasteiger partial charge in [-0.2, -0.15) is 4.58 Å². The number of aromatic nitrogens is 3. The number of hydrogen-bond donors (Lipinski definition) is 2. The Labute approximate surface area is 206 Å². The zero-order valence-electron chi connectivity index (χ0n) is 19.6.